The second-order valence-electron chi connectivity index (χ2n) is 3.16. The van der Waals surface area contributed by atoms with E-state index in [9.17, 15) is 9.59 Å². The molecule has 0 aliphatic heterocycles. The number of carbonyl (C=O) groups is 2. The third kappa shape index (κ3) is 7.10. The highest BCUT2D eigenvalue weighted by atomic mass is 16.2. The fourth-order valence-electron chi connectivity index (χ4n) is 0.844. The van der Waals surface area contributed by atoms with Crippen LogP contribution in [0, 0.1) is 11.3 Å². The van der Waals surface area contributed by atoms with E-state index in [2.05, 4.69) is 10.6 Å². The Balaban J connectivity index is 3.50. The minimum absolute atomic E-state index is 0.0998. The quantitative estimate of drug-likeness (QED) is 0.647. The molecule has 0 heterocycles. The van der Waals surface area contributed by atoms with Crippen molar-refractivity contribution in [3.8, 4) is 6.07 Å². The van der Waals surface area contributed by atoms with Crippen LogP contribution in [0.4, 0.5) is 0 Å². The van der Waals surface area contributed by atoms with E-state index in [4.69, 9.17) is 5.26 Å². The highest BCUT2D eigenvalue weighted by Crippen LogP contribution is 1.83. The molecule has 2 N–H and O–H groups in total. The lowest BCUT2D eigenvalue weighted by atomic mass is 10.3. The smallest absolute Gasteiger partial charge is 0.234 e. The van der Waals surface area contributed by atoms with Gasteiger partial charge in [0, 0.05) is 19.0 Å². The maximum absolute atomic E-state index is 11.1. The predicted molar refractivity (Wildman–Crippen MR) is 51.1 cm³/mol. The summed E-state index contributed by atoms with van der Waals surface area (Å²) in [6, 6.07) is 1.83. The first-order valence-corrected chi connectivity index (χ1v) is 4.49. The van der Waals surface area contributed by atoms with Crippen LogP contribution >= 0.6 is 0 Å². The number of hydrogen-bond acceptors (Lipinski definition) is 3. The summed E-state index contributed by atoms with van der Waals surface area (Å²) in [5.74, 6) is -0.442. The van der Waals surface area contributed by atoms with Gasteiger partial charge in [-0.1, -0.05) is 0 Å². The molecule has 0 rings (SSSR count). The van der Waals surface area contributed by atoms with Gasteiger partial charge in [-0.05, 0) is 13.8 Å². The number of amides is 2. The van der Waals surface area contributed by atoms with Crippen LogP contribution in [0.5, 0.6) is 0 Å². The summed E-state index contributed by atoms with van der Waals surface area (Å²) in [5.41, 5.74) is 0. The molecule has 0 spiro atoms. The average molecular weight is 197 g/mol. The summed E-state index contributed by atoms with van der Waals surface area (Å²) < 4.78 is 0. The van der Waals surface area contributed by atoms with E-state index < -0.39 is 0 Å². The van der Waals surface area contributed by atoms with E-state index in [1.165, 1.54) is 0 Å². The van der Waals surface area contributed by atoms with Gasteiger partial charge < -0.3 is 10.6 Å². The summed E-state index contributed by atoms with van der Waals surface area (Å²) in [5, 5.41) is 13.3. The van der Waals surface area contributed by atoms with Gasteiger partial charge in [-0.15, -0.1) is 0 Å². The molecule has 0 atom stereocenters. The highest BCUT2D eigenvalue weighted by molar-refractivity contribution is 5.80. The Labute approximate surface area is 83.5 Å². The van der Waals surface area contributed by atoms with Crippen molar-refractivity contribution in [2.45, 2.75) is 32.7 Å². The monoisotopic (exact) mass is 197 g/mol. The Morgan fingerprint density at radius 2 is 2.00 bits per heavy atom. The lowest BCUT2D eigenvalue weighted by molar-refractivity contribution is -0.122. The summed E-state index contributed by atoms with van der Waals surface area (Å²) in [4.78, 5) is 21.8. The molecular formula is C9H15N3O2. The van der Waals surface area contributed by atoms with Crippen LogP contribution in [0.15, 0.2) is 0 Å². The molecule has 14 heavy (non-hydrogen) atoms. The van der Waals surface area contributed by atoms with E-state index in [0.29, 0.717) is 0 Å². The zero-order valence-corrected chi connectivity index (χ0v) is 8.46. The van der Waals surface area contributed by atoms with Crippen molar-refractivity contribution < 1.29 is 9.59 Å². The Morgan fingerprint density at radius 3 is 2.50 bits per heavy atom. The molecule has 0 aromatic rings. The molecule has 0 radical (unpaired) electrons. The molecular weight excluding hydrogens is 182 g/mol. The molecule has 0 fully saturated rings. The molecule has 78 valence electrons. The Hall–Kier alpha value is -1.57. The molecule has 0 aliphatic rings. The van der Waals surface area contributed by atoms with Crippen molar-refractivity contribution in [3.05, 3.63) is 0 Å². The molecule has 0 unspecified atom stereocenters. The average Bonchev–Trinajstić information content (AvgIpc) is 2.02. The minimum Gasteiger partial charge on any atom is -0.355 e. The van der Waals surface area contributed by atoms with Crippen molar-refractivity contribution in [1.82, 2.24) is 10.6 Å². The van der Waals surface area contributed by atoms with Crippen LogP contribution in [0.1, 0.15) is 26.7 Å². The molecule has 0 saturated carbocycles. The number of nitrogens with zero attached hydrogens (tertiary/aromatic N) is 1. The van der Waals surface area contributed by atoms with Gasteiger partial charge in [-0.25, -0.2) is 0 Å². The normalized spacial score (nSPS) is 9.29. The van der Waals surface area contributed by atoms with Gasteiger partial charge in [0.1, 0.15) is 6.42 Å². The fourth-order valence-corrected chi connectivity index (χ4v) is 0.844. The second kappa shape index (κ2) is 6.89. The third-order valence-electron chi connectivity index (χ3n) is 1.36. The largest absolute Gasteiger partial charge is 0.355 e. The number of nitrogens with one attached hydrogen (secondary N) is 2. The Bertz CT molecular complexity index is 243. The van der Waals surface area contributed by atoms with Crippen molar-refractivity contribution in [2.24, 2.45) is 0 Å². The minimum atomic E-state index is -0.343. The van der Waals surface area contributed by atoms with Crippen LogP contribution in [-0.4, -0.2) is 24.4 Å². The maximum Gasteiger partial charge on any atom is 0.234 e. The van der Waals surface area contributed by atoms with Crippen molar-refractivity contribution in [1.29, 1.82) is 5.26 Å². The third-order valence-corrected chi connectivity index (χ3v) is 1.36. The summed E-state index contributed by atoms with van der Waals surface area (Å²) in [6.45, 7) is 4.01. The molecule has 0 aromatic heterocycles. The van der Waals surface area contributed by atoms with Gasteiger partial charge in [0.15, 0.2) is 0 Å². The molecule has 5 heteroatoms. The zero-order chi connectivity index (χ0) is 11.0. The first-order valence-electron chi connectivity index (χ1n) is 4.49. The lowest BCUT2D eigenvalue weighted by Gasteiger charge is -2.08. The first kappa shape index (κ1) is 12.4. The number of nitriles is 1. The van der Waals surface area contributed by atoms with Crippen molar-refractivity contribution in [3.63, 3.8) is 0 Å². The zero-order valence-electron chi connectivity index (χ0n) is 8.46. The topological polar surface area (TPSA) is 82.0 Å². The second-order valence-corrected chi connectivity index (χ2v) is 3.16. The molecule has 0 saturated heterocycles. The Morgan fingerprint density at radius 1 is 1.36 bits per heavy atom. The van der Waals surface area contributed by atoms with E-state index >= 15 is 0 Å². The van der Waals surface area contributed by atoms with Gasteiger partial charge >= 0.3 is 0 Å². The van der Waals surface area contributed by atoms with E-state index in [1.807, 2.05) is 13.8 Å². The van der Waals surface area contributed by atoms with Crippen LogP contribution < -0.4 is 10.6 Å². The first-order chi connectivity index (χ1) is 6.56. The van der Waals surface area contributed by atoms with E-state index in [-0.39, 0.29) is 37.2 Å². The molecule has 5 nitrogen and oxygen atoms in total. The molecule has 0 aromatic carbocycles. The number of hydrogen-bond donors (Lipinski definition) is 2. The molecule has 0 aliphatic carbocycles. The fraction of sp³-hybridized carbons (Fsp3) is 0.667. The summed E-state index contributed by atoms with van der Waals surface area (Å²) in [6.07, 6.45) is 0.0845. The summed E-state index contributed by atoms with van der Waals surface area (Å²) >= 11 is 0. The highest BCUT2D eigenvalue weighted by Gasteiger charge is 2.04. The van der Waals surface area contributed by atoms with Gasteiger partial charge in [0.25, 0.3) is 0 Å². The van der Waals surface area contributed by atoms with Crippen LogP contribution in [-0.2, 0) is 9.59 Å². The van der Waals surface area contributed by atoms with Crippen LogP contribution in [0.2, 0.25) is 0 Å². The van der Waals surface area contributed by atoms with E-state index in [0.717, 1.165) is 0 Å². The Kier molecular flexibility index (Phi) is 6.12. The van der Waals surface area contributed by atoms with Gasteiger partial charge in [0.05, 0.1) is 6.07 Å². The number of rotatable bonds is 5. The van der Waals surface area contributed by atoms with Gasteiger partial charge in [-0.3, -0.25) is 9.59 Å². The van der Waals surface area contributed by atoms with Crippen molar-refractivity contribution >= 4 is 11.8 Å². The molecule has 2 amide bonds. The maximum atomic E-state index is 11.1. The predicted octanol–water partition coefficient (Wildman–Crippen LogP) is -0.0690. The lowest BCUT2D eigenvalue weighted by Crippen LogP contribution is -2.33. The van der Waals surface area contributed by atoms with Crippen molar-refractivity contribution in [2.75, 3.05) is 6.54 Å². The standard InChI is InChI=1S/C9H15N3O2/c1-7(2)12-9(14)4-6-11-8(13)3-5-10/h7H,3-4,6H2,1-2H3,(H,11,13)(H,12,14). The SMILES string of the molecule is CC(C)NC(=O)CCNC(=O)CC#N. The van der Waals surface area contributed by atoms with Gasteiger partial charge in [0.2, 0.25) is 11.8 Å². The van der Waals surface area contributed by atoms with Gasteiger partial charge in [-0.2, -0.15) is 5.26 Å². The van der Waals surface area contributed by atoms with E-state index in [1.54, 1.807) is 6.07 Å². The molecule has 0 bridgehead atoms. The number of carbonyl (C=O) groups excluding carboxylic acids is 2. The van der Waals surface area contributed by atoms with Crippen LogP contribution in [0.25, 0.3) is 0 Å². The summed E-state index contributed by atoms with van der Waals surface area (Å²) in [7, 11) is 0. The van der Waals surface area contributed by atoms with Crippen LogP contribution in [0.3, 0.4) is 0 Å².